The molecule has 1 aliphatic carbocycles. The first kappa shape index (κ1) is 12.4. The van der Waals surface area contributed by atoms with E-state index in [9.17, 15) is 4.79 Å². The molecule has 1 aromatic heterocycles. The van der Waals surface area contributed by atoms with E-state index < -0.39 is 0 Å². The van der Waals surface area contributed by atoms with Crippen molar-refractivity contribution in [2.24, 2.45) is 0 Å². The Morgan fingerprint density at radius 2 is 2.14 bits per heavy atom. The second kappa shape index (κ2) is 4.91. The molecule has 21 heavy (non-hydrogen) atoms. The number of aromatic nitrogens is 2. The Bertz CT molecular complexity index is 724. The summed E-state index contributed by atoms with van der Waals surface area (Å²) in [4.78, 5) is 16.0. The SMILES string of the molecule is O=c1nc2n(c3c1CCC3)CC(COc1ccccc1)O2. The number of rotatable bonds is 3. The number of hydrogen-bond donors (Lipinski definition) is 0. The summed E-state index contributed by atoms with van der Waals surface area (Å²) in [5.41, 5.74) is 1.84. The number of ether oxygens (including phenoxy) is 2. The van der Waals surface area contributed by atoms with Crippen LogP contribution in [0.4, 0.5) is 0 Å². The second-order valence-corrected chi connectivity index (χ2v) is 5.45. The Kier molecular flexibility index (Phi) is 2.91. The molecule has 0 N–H and O–H groups in total. The van der Waals surface area contributed by atoms with Gasteiger partial charge in [0, 0.05) is 11.3 Å². The van der Waals surface area contributed by atoms with Gasteiger partial charge in [-0.15, -0.1) is 0 Å². The van der Waals surface area contributed by atoms with E-state index in [1.807, 2.05) is 34.9 Å². The molecule has 2 aliphatic rings. The molecule has 1 aromatic carbocycles. The molecule has 1 unspecified atom stereocenters. The van der Waals surface area contributed by atoms with Crippen molar-refractivity contribution in [1.82, 2.24) is 9.55 Å². The molecule has 2 heterocycles. The predicted molar refractivity (Wildman–Crippen MR) is 76.9 cm³/mol. The van der Waals surface area contributed by atoms with Crippen molar-refractivity contribution in [2.45, 2.75) is 31.9 Å². The summed E-state index contributed by atoms with van der Waals surface area (Å²) >= 11 is 0. The first-order chi connectivity index (χ1) is 10.3. The average Bonchev–Trinajstić information content (AvgIpc) is 3.12. The Morgan fingerprint density at radius 1 is 1.29 bits per heavy atom. The minimum atomic E-state index is -0.127. The third-order valence-electron chi connectivity index (χ3n) is 4.04. The van der Waals surface area contributed by atoms with Gasteiger partial charge in [0.2, 0.25) is 0 Å². The van der Waals surface area contributed by atoms with Crippen LogP contribution in [0.25, 0.3) is 0 Å². The third kappa shape index (κ3) is 2.18. The third-order valence-corrected chi connectivity index (χ3v) is 4.04. The van der Waals surface area contributed by atoms with Crippen LogP contribution >= 0.6 is 0 Å². The molecule has 1 atom stereocenters. The predicted octanol–water partition coefficient (Wildman–Crippen LogP) is 1.57. The first-order valence-electron chi connectivity index (χ1n) is 7.28. The van der Waals surface area contributed by atoms with Crippen LogP contribution in [-0.4, -0.2) is 22.3 Å². The molecule has 0 radical (unpaired) electrons. The van der Waals surface area contributed by atoms with Crippen molar-refractivity contribution in [3.05, 3.63) is 51.9 Å². The maximum atomic E-state index is 11.9. The van der Waals surface area contributed by atoms with E-state index in [4.69, 9.17) is 9.47 Å². The fourth-order valence-corrected chi connectivity index (χ4v) is 3.05. The molecule has 1 aliphatic heterocycles. The van der Waals surface area contributed by atoms with Gasteiger partial charge in [-0.2, -0.15) is 4.98 Å². The van der Waals surface area contributed by atoms with E-state index in [-0.39, 0.29) is 11.7 Å². The molecule has 0 spiro atoms. The Labute approximate surface area is 122 Å². The highest BCUT2D eigenvalue weighted by Gasteiger charge is 2.30. The smallest absolute Gasteiger partial charge is 0.300 e. The van der Waals surface area contributed by atoms with Crippen molar-refractivity contribution in [3.63, 3.8) is 0 Å². The lowest BCUT2D eigenvalue weighted by molar-refractivity contribution is 0.143. The van der Waals surface area contributed by atoms with Gasteiger partial charge in [-0.25, -0.2) is 0 Å². The minimum Gasteiger partial charge on any atom is -0.490 e. The summed E-state index contributed by atoms with van der Waals surface area (Å²) in [6.45, 7) is 1.16. The summed E-state index contributed by atoms with van der Waals surface area (Å²) < 4.78 is 13.5. The number of nitrogens with zero attached hydrogens (tertiary/aromatic N) is 2. The molecule has 2 aromatic rings. The van der Waals surface area contributed by atoms with Gasteiger partial charge >= 0.3 is 0 Å². The minimum absolute atomic E-state index is 0.0933. The molecule has 0 saturated heterocycles. The maximum absolute atomic E-state index is 11.9. The van der Waals surface area contributed by atoms with Gasteiger partial charge < -0.3 is 9.47 Å². The van der Waals surface area contributed by atoms with E-state index in [1.165, 1.54) is 0 Å². The normalized spacial score (nSPS) is 19.0. The Morgan fingerprint density at radius 3 is 3.00 bits per heavy atom. The van der Waals surface area contributed by atoms with Crippen LogP contribution in [0, 0.1) is 0 Å². The van der Waals surface area contributed by atoms with Gasteiger partial charge in [0.25, 0.3) is 11.6 Å². The number of hydrogen-bond acceptors (Lipinski definition) is 4. The number of fused-ring (bicyclic) bond motifs is 3. The van der Waals surface area contributed by atoms with Crippen molar-refractivity contribution < 1.29 is 9.47 Å². The second-order valence-electron chi connectivity index (χ2n) is 5.45. The van der Waals surface area contributed by atoms with E-state index in [1.54, 1.807) is 0 Å². The molecule has 0 saturated carbocycles. The summed E-state index contributed by atoms with van der Waals surface area (Å²) in [6.07, 6.45) is 2.72. The van der Waals surface area contributed by atoms with Gasteiger partial charge in [0.1, 0.15) is 12.4 Å². The van der Waals surface area contributed by atoms with Crippen LogP contribution in [0.2, 0.25) is 0 Å². The summed E-state index contributed by atoms with van der Waals surface area (Å²) in [6, 6.07) is 10.1. The van der Waals surface area contributed by atoms with Gasteiger partial charge in [0.15, 0.2) is 6.10 Å². The highest BCUT2D eigenvalue weighted by Crippen LogP contribution is 2.27. The lowest BCUT2D eigenvalue weighted by Crippen LogP contribution is -2.23. The summed E-state index contributed by atoms with van der Waals surface area (Å²) in [7, 11) is 0. The van der Waals surface area contributed by atoms with Crippen LogP contribution < -0.4 is 15.0 Å². The molecule has 0 fully saturated rings. The van der Waals surface area contributed by atoms with Gasteiger partial charge in [-0.1, -0.05) is 18.2 Å². The molecular formula is C16H16N2O3. The van der Waals surface area contributed by atoms with E-state index >= 15 is 0 Å². The monoisotopic (exact) mass is 284 g/mol. The Hall–Kier alpha value is -2.30. The number of para-hydroxylation sites is 1. The van der Waals surface area contributed by atoms with Gasteiger partial charge in [-0.05, 0) is 31.4 Å². The van der Waals surface area contributed by atoms with Crippen LogP contribution in [0.15, 0.2) is 35.1 Å². The van der Waals surface area contributed by atoms with Crippen LogP contribution in [0.3, 0.4) is 0 Å². The van der Waals surface area contributed by atoms with Crippen LogP contribution in [0.5, 0.6) is 11.8 Å². The molecule has 0 amide bonds. The largest absolute Gasteiger partial charge is 0.490 e. The number of benzene rings is 1. The van der Waals surface area contributed by atoms with Crippen molar-refractivity contribution in [2.75, 3.05) is 6.61 Å². The highest BCUT2D eigenvalue weighted by molar-refractivity contribution is 5.27. The lowest BCUT2D eigenvalue weighted by Gasteiger charge is -2.10. The zero-order valence-corrected chi connectivity index (χ0v) is 11.6. The van der Waals surface area contributed by atoms with Crippen molar-refractivity contribution in [1.29, 1.82) is 0 Å². The molecule has 108 valence electrons. The topological polar surface area (TPSA) is 53.4 Å². The van der Waals surface area contributed by atoms with E-state index in [0.29, 0.717) is 19.2 Å². The molecule has 0 bridgehead atoms. The maximum Gasteiger partial charge on any atom is 0.300 e. The zero-order valence-electron chi connectivity index (χ0n) is 11.6. The van der Waals surface area contributed by atoms with Crippen molar-refractivity contribution in [3.8, 4) is 11.8 Å². The quantitative estimate of drug-likeness (QED) is 0.858. The molecule has 5 heteroatoms. The van der Waals surface area contributed by atoms with E-state index in [2.05, 4.69) is 4.98 Å². The summed E-state index contributed by atoms with van der Waals surface area (Å²) in [5, 5.41) is 0. The van der Waals surface area contributed by atoms with Crippen LogP contribution in [0.1, 0.15) is 17.7 Å². The van der Waals surface area contributed by atoms with Crippen molar-refractivity contribution >= 4 is 0 Å². The standard InChI is InChI=1S/C16H16N2O3/c19-15-13-7-4-8-14(13)18-9-12(21-16(18)17-15)10-20-11-5-2-1-3-6-11/h1-3,5-6,12H,4,7-10H2. The van der Waals surface area contributed by atoms with E-state index in [0.717, 1.165) is 36.3 Å². The van der Waals surface area contributed by atoms with Gasteiger partial charge in [0.05, 0.1) is 6.54 Å². The van der Waals surface area contributed by atoms with Gasteiger partial charge in [-0.3, -0.25) is 9.36 Å². The summed E-state index contributed by atoms with van der Waals surface area (Å²) in [5.74, 6) is 0.824. The molecule has 5 nitrogen and oxygen atoms in total. The molecular weight excluding hydrogens is 268 g/mol. The zero-order chi connectivity index (χ0) is 14.2. The Balaban J connectivity index is 1.51. The fraction of sp³-hybridized carbons (Fsp3) is 0.375. The van der Waals surface area contributed by atoms with Crippen LogP contribution in [-0.2, 0) is 19.4 Å². The lowest BCUT2D eigenvalue weighted by atomic mass is 10.2. The fourth-order valence-electron chi connectivity index (χ4n) is 3.05. The average molecular weight is 284 g/mol. The highest BCUT2D eigenvalue weighted by atomic mass is 16.6. The molecule has 4 rings (SSSR count). The first-order valence-corrected chi connectivity index (χ1v) is 7.28.